The molecular weight excluding hydrogens is 366 g/mol. The second-order valence-electron chi connectivity index (χ2n) is 6.12. The van der Waals surface area contributed by atoms with Gasteiger partial charge in [0, 0.05) is 17.8 Å². The van der Waals surface area contributed by atoms with Gasteiger partial charge in [0.05, 0.1) is 23.5 Å². The zero-order valence-electron chi connectivity index (χ0n) is 14.3. The number of aromatic nitrogens is 4. The molecule has 3 heterocycles. The summed E-state index contributed by atoms with van der Waals surface area (Å²) in [5.74, 6) is -0.123. The molecule has 4 aromatic rings. The molecule has 0 unspecified atom stereocenters. The van der Waals surface area contributed by atoms with Gasteiger partial charge in [0.15, 0.2) is 0 Å². The zero-order valence-corrected chi connectivity index (χ0v) is 16.0. The molecule has 0 spiro atoms. The normalized spacial score (nSPS) is 12.4. The molecule has 0 bridgehead atoms. The van der Waals surface area contributed by atoms with E-state index in [1.165, 1.54) is 0 Å². The van der Waals surface area contributed by atoms with E-state index in [0.717, 1.165) is 39.7 Å². The van der Waals surface area contributed by atoms with E-state index in [1.54, 1.807) is 23.5 Å². The number of benzene rings is 1. The molecule has 0 fully saturated rings. The first-order valence-corrected chi connectivity index (χ1v) is 9.84. The van der Waals surface area contributed by atoms with Crippen LogP contribution in [-0.2, 0) is 0 Å². The Balaban J connectivity index is 1.56. The molecule has 26 heavy (non-hydrogen) atoms. The van der Waals surface area contributed by atoms with Gasteiger partial charge in [0.25, 0.3) is 5.91 Å². The Morgan fingerprint density at radius 2 is 2.04 bits per heavy atom. The van der Waals surface area contributed by atoms with Gasteiger partial charge in [-0.1, -0.05) is 0 Å². The average molecular weight is 384 g/mol. The Morgan fingerprint density at radius 1 is 1.19 bits per heavy atom. The molecule has 3 aromatic heterocycles. The molecule has 1 N–H and O–H groups in total. The Labute approximate surface area is 158 Å². The zero-order chi connectivity index (χ0) is 18.1. The fourth-order valence-corrected chi connectivity index (χ4v) is 4.21. The number of rotatable bonds is 5. The molecule has 0 saturated carbocycles. The first-order chi connectivity index (χ1) is 12.6. The molecule has 0 aliphatic heterocycles. The summed E-state index contributed by atoms with van der Waals surface area (Å²) in [6, 6.07) is 9.46. The van der Waals surface area contributed by atoms with Crippen LogP contribution in [0.3, 0.4) is 0 Å². The van der Waals surface area contributed by atoms with Crippen LogP contribution in [-0.4, -0.2) is 31.0 Å². The van der Waals surface area contributed by atoms with Crippen LogP contribution in [0.1, 0.15) is 33.4 Å². The van der Waals surface area contributed by atoms with Crippen LogP contribution in [0.2, 0.25) is 0 Å². The third-order valence-electron chi connectivity index (χ3n) is 4.24. The van der Waals surface area contributed by atoms with Crippen molar-refractivity contribution in [3.05, 3.63) is 63.6 Å². The summed E-state index contributed by atoms with van der Waals surface area (Å²) in [4.78, 5) is 12.6. The number of thiophene rings is 1. The lowest BCUT2D eigenvalue weighted by molar-refractivity contribution is 0.0949. The highest BCUT2D eigenvalue weighted by molar-refractivity contribution is 7.08. The maximum absolute atomic E-state index is 12.6. The molecule has 0 radical (unpaired) electrons. The summed E-state index contributed by atoms with van der Waals surface area (Å²) in [5.41, 5.74) is 5.32. The van der Waals surface area contributed by atoms with Gasteiger partial charge in [-0.3, -0.25) is 9.48 Å². The highest BCUT2D eigenvalue weighted by Gasteiger charge is 2.19. The van der Waals surface area contributed by atoms with E-state index in [4.69, 9.17) is 0 Å². The Hall–Kier alpha value is -2.58. The topological polar surface area (TPSA) is 72.7 Å². The second kappa shape index (κ2) is 6.97. The lowest BCUT2D eigenvalue weighted by atomic mass is 10.1. The van der Waals surface area contributed by atoms with Gasteiger partial charge in [-0.2, -0.15) is 25.2 Å². The fourth-order valence-electron chi connectivity index (χ4n) is 2.99. The average Bonchev–Trinajstić information content (AvgIpc) is 3.36. The van der Waals surface area contributed by atoms with Gasteiger partial charge in [-0.05, 0) is 60.5 Å². The minimum atomic E-state index is -0.123. The number of aryl methyl sites for hydroxylation is 2. The van der Waals surface area contributed by atoms with E-state index in [9.17, 15) is 4.79 Å². The summed E-state index contributed by atoms with van der Waals surface area (Å²) in [5, 5.41) is 11.8. The van der Waals surface area contributed by atoms with Crippen molar-refractivity contribution in [3.8, 4) is 0 Å². The number of carbonyl (C=O) groups is 1. The van der Waals surface area contributed by atoms with Crippen LogP contribution >= 0.6 is 23.1 Å². The van der Waals surface area contributed by atoms with Crippen molar-refractivity contribution in [1.82, 2.24) is 23.8 Å². The highest BCUT2D eigenvalue weighted by Crippen LogP contribution is 2.22. The van der Waals surface area contributed by atoms with E-state index in [1.807, 2.05) is 36.0 Å². The van der Waals surface area contributed by atoms with Crippen molar-refractivity contribution in [3.63, 3.8) is 0 Å². The minimum absolute atomic E-state index is 0.0384. The van der Waals surface area contributed by atoms with Crippen LogP contribution in [0, 0.1) is 13.8 Å². The van der Waals surface area contributed by atoms with Crippen LogP contribution < -0.4 is 5.32 Å². The van der Waals surface area contributed by atoms with Gasteiger partial charge in [0.1, 0.15) is 11.0 Å². The lowest BCUT2D eigenvalue weighted by Gasteiger charge is -2.19. The summed E-state index contributed by atoms with van der Waals surface area (Å²) in [6.07, 6.45) is 0. The summed E-state index contributed by atoms with van der Waals surface area (Å²) in [7, 11) is 0. The smallest absolute Gasteiger partial charge is 0.251 e. The molecule has 1 atom stereocenters. The number of hydrogen-bond acceptors (Lipinski definition) is 6. The van der Waals surface area contributed by atoms with Gasteiger partial charge in [0.2, 0.25) is 0 Å². The monoisotopic (exact) mass is 383 g/mol. The first-order valence-electron chi connectivity index (χ1n) is 8.17. The lowest BCUT2D eigenvalue weighted by Crippen LogP contribution is -2.32. The van der Waals surface area contributed by atoms with Gasteiger partial charge < -0.3 is 5.32 Å². The van der Waals surface area contributed by atoms with Crippen LogP contribution in [0.15, 0.2) is 41.1 Å². The van der Waals surface area contributed by atoms with Crippen molar-refractivity contribution >= 4 is 40.0 Å². The Bertz CT molecular complexity index is 1050. The second-order valence-corrected chi connectivity index (χ2v) is 7.43. The highest BCUT2D eigenvalue weighted by atomic mass is 32.1. The SMILES string of the molecule is Cc1cc(C)n([C@@H](CNC(=O)c2ccc3nsnc3c2)c2ccsc2)n1. The van der Waals surface area contributed by atoms with Crippen molar-refractivity contribution in [2.45, 2.75) is 19.9 Å². The van der Waals surface area contributed by atoms with Gasteiger partial charge in [-0.15, -0.1) is 0 Å². The van der Waals surface area contributed by atoms with E-state index in [-0.39, 0.29) is 11.9 Å². The van der Waals surface area contributed by atoms with Crippen LogP contribution in [0.5, 0.6) is 0 Å². The summed E-state index contributed by atoms with van der Waals surface area (Å²) < 4.78 is 10.3. The molecule has 1 amide bonds. The van der Waals surface area contributed by atoms with Crippen molar-refractivity contribution < 1.29 is 4.79 Å². The Morgan fingerprint density at radius 3 is 2.77 bits per heavy atom. The molecule has 4 rings (SSSR count). The van der Waals surface area contributed by atoms with E-state index < -0.39 is 0 Å². The van der Waals surface area contributed by atoms with Crippen LogP contribution in [0.25, 0.3) is 11.0 Å². The minimum Gasteiger partial charge on any atom is -0.350 e. The van der Waals surface area contributed by atoms with Crippen molar-refractivity contribution in [1.29, 1.82) is 0 Å². The number of carbonyl (C=O) groups excluding carboxylic acids is 1. The van der Waals surface area contributed by atoms with E-state index >= 15 is 0 Å². The summed E-state index contributed by atoms with van der Waals surface area (Å²) >= 11 is 2.79. The largest absolute Gasteiger partial charge is 0.350 e. The number of amides is 1. The number of nitrogens with zero attached hydrogens (tertiary/aromatic N) is 4. The molecular formula is C18H17N5OS2. The molecule has 1 aromatic carbocycles. The number of hydrogen-bond donors (Lipinski definition) is 1. The molecule has 6 nitrogen and oxygen atoms in total. The van der Waals surface area contributed by atoms with Crippen molar-refractivity contribution in [2.24, 2.45) is 0 Å². The quantitative estimate of drug-likeness (QED) is 0.572. The molecule has 0 aliphatic rings. The Kier molecular flexibility index (Phi) is 4.52. The maximum atomic E-state index is 12.6. The molecule has 0 aliphatic carbocycles. The standard InChI is InChI=1S/C18H17N5OS2/c1-11-7-12(2)23(20-11)17(14-5-6-25-10-14)9-19-18(24)13-3-4-15-16(8-13)22-26-21-15/h3-8,10,17H,9H2,1-2H3,(H,19,24)/t17-/m0/s1. The predicted molar refractivity (Wildman–Crippen MR) is 104 cm³/mol. The molecule has 132 valence electrons. The number of fused-ring (bicyclic) bond motifs is 1. The molecule has 8 heteroatoms. The van der Waals surface area contributed by atoms with Crippen LogP contribution in [0.4, 0.5) is 0 Å². The summed E-state index contributed by atoms with van der Waals surface area (Å²) in [6.45, 7) is 4.47. The number of nitrogens with one attached hydrogen (secondary N) is 1. The van der Waals surface area contributed by atoms with Crippen molar-refractivity contribution in [2.75, 3.05) is 6.54 Å². The fraction of sp³-hybridized carbons (Fsp3) is 0.222. The maximum Gasteiger partial charge on any atom is 0.251 e. The van der Waals surface area contributed by atoms with E-state index in [0.29, 0.717) is 12.1 Å². The molecule has 0 saturated heterocycles. The van der Waals surface area contributed by atoms with E-state index in [2.05, 4.69) is 30.6 Å². The third-order valence-corrected chi connectivity index (χ3v) is 5.50. The third kappa shape index (κ3) is 3.25. The van der Waals surface area contributed by atoms with Gasteiger partial charge in [-0.25, -0.2) is 0 Å². The van der Waals surface area contributed by atoms with Gasteiger partial charge >= 0.3 is 0 Å². The first kappa shape index (κ1) is 16.9. The predicted octanol–water partition coefficient (Wildman–Crippen LogP) is 3.59.